The van der Waals surface area contributed by atoms with Crippen LogP contribution in [0.2, 0.25) is 0 Å². The molecule has 0 atom stereocenters. The van der Waals surface area contributed by atoms with Gasteiger partial charge in [0.05, 0.1) is 55.0 Å². The molecule has 3 aromatic rings. The van der Waals surface area contributed by atoms with Crippen LogP contribution in [-0.4, -0.2) is 80.1 Å². The van der Waals surface area contributed by atoms with Crippen LogP contribution in [0.5, 0.6) is 0 Å². The summed E-state index contributed by atoms with van der Waals surface area (Å²) in [4.78, 5) is 35.1. The number of aromatic nitrogens is 6. The summed E-state index contributed by atoms with van der Waals surface area (Å²) in [7, 11) is 0. The average molecular weight is 466 g/mol. The number of fused-ring (bicyclic) bond motifs is 1. The lowest BCUT2D eigenvalue weighted by atomic mass is 10.3. The molecule has 1 N–H and O–H groups in total. The molecule has 0 aliphatic carbocycles. The smallest absolute Gasteiger partial charge is 0.379 e. The van der Waals surface area contributed by atoms with Gasteiger partial charge in [-0.2, -0.15) is 23.4 Å². The minimum Gasteiger partial charge on any atom is -0.379 e. The van der Waals surface area contributed by atoms with Crippen molar-refractivity contribution in [3.8, 4) is 0 Å². The Bertz CT molecular complexity index is 1150. The third-order valence-electron chi connectivity index (χ3n) is 5.27. The number of H-pyrrole nitrogens is 1. The van der Waals surface area contributed by atoms with Gasteiger partial charge in [0.1, 0.15) is 0 Å². The van der Waals surface area contributed by atoms with Crippen LogP contribution >= 0.6 is 0 Å². The van der Waals surface area contributed by atoms with Gasteiger partial charge in [-0.05, 0) is 0 Å². The van der Waals surface area contributed by atoms with Gasteiger partial charge in [0, 0.05) is 38.6 Å². The van der Waals surface area contributed by atoms with Crippen molar-refractivity contribution in [2.75, 3.05) is 44.3 Å². The molecule has 1 saturated heterocycles. The SMILES string of the molecule is O=C(CCOCCn1ncc2c(=O)[nH]ncc21)N1CCN(c2ncc(C(F)(F)F)cn2)CC1. The second kappa shape index (κ2) is 9.52. The molecule has 0 unspecified atom stereocenters. The molecule has 1 amide bonds. The molecule has 33 heavy (non-hydrogen) atoms. The van der Waals surface area contributed by atoms with Crippen molar-refractivity contribution < 1.29 is 22.7 Å². The normalized spacial score (nSPS) is 14.8. The fourth-order valence-corrected chi connectivity index (χ4v) is 3.45. The zero-order valence-electron chi connectivity index (χ0n) is 17.5. The highest BCUT2D eigenvalue weighted by Gasteiger charge is 2.32. The van der Waals surface area contributed by atoms with Gasteiger partial charge in [0.2, 0.25) is 11.9 Å². The third-order valence-corrected chi connectivity index (χ3v) is 5.27. The molecule has 0 aromatic carbocycles. The van der Waals surface area contributed by atoms with Crippen LogP contribution in [0.1, 0.15) is 12.0 Å². The number of piperazine rings is 1. The first-order valence-corrected chi connectivity index (χ1v) is 10.2. The van der Waals surface area contributed by atoms with Gasteiger partial charge in [-0.1, -0.05) is 0 Å². The fraction of sp³-hybridized carbons (Fsp3) is 0.474. The lowest BCUT2D eigenvalue weighted by molar-refractivity contribution is -0.138. The van der Waals surface area contributed by atoms with Crippen LogP contribution < -0.4 is 10.5 Å². The zero-order valence-corrected chi connectivity index (χ0v) is 17.5. The second-order valence-electron chi connectivity index (χ2n) is 7.37. The Balaban J connectivity index is 1.17. The van der Waals surface area contributed by atoms with Gasteiger partial charge in [-0.15, -0.1) is 0 Å². The van der Waals surface area contributed by atoms with Crippen molar-refractivity contribution in [2.24, 2.45) is 0 Å². The molecular weight excluding hydrogens is 445 g/mol. The number of hydrogen-bond donors (Lipinski definition) is 1. The number of carbonyl (C=O) groups excluding carboxylic acids is 1. The van der Waals surface area contributed by atoms with Gasteiger partial charge in [-0.25, -0.2) is 15.1 Å². The summed E-state index contributed by atoms with van der Waals surface area (Å²) >= 11 is 0. The van der Waals surface area contributed by atoms with E-state index in [4.69, 9.17) is 4.74 Å². The van der Waals surface area contributed by atoms with Crippen molar-refractivity contribution in [3.63, 3.8) is 0 Å². The molecule has 11 nitrogen and oxygen atoms in total. The summed E-state index contributed by atoms with van der Waals surface area (Å²) in [6.45, 7) is 2.66. The van der Waals surface area contributed by atoms with E-state index in [1.165, 1.54) is 12.4 Å². The standard InChI is InChI=1S/C19H21F3N8O3/c20-19(21,22)13-9-23-18(24-10-13)29-4-2-28(3-5-29)16(31)1-7-33-8-6-30-15-12-25-27-17(32)14(15)11-26-30/h9-12H,1-8H2,(H,27,32). The summed E-state index contributed by atoms with van der Waals surface area (Å²) in [5.41, 5.74) is -0.602. The number of aromatic amines is 1. The lowest BCUT2D eigenvalue weighted by Gasteiger charge is -2.34. The molecule has 4 heterocycles. The fourth-order valence-electron chi connectivity index (χ4n) is 3.45. The maximum atomic E-state index is 12.6. The molecule has 0 radical (unpaired) electrons. The number of nitrogens with one attached hydrogen (secondary N) is 1. The first kappa shape index (κ1) is 22.6. The van der Waals surface area contributed by atoms with E-state index < -0.39 is 11.7 Å². The van der Waals surface area contributed by atoms with Crippen molar-refractivity contribution in [3.05, 3.63) is 40.7 Å². The number of hydrogen-bond acceptors (Lipinski definition) is 8. The summed E-state index contributed by atoms with van der Waals surface area (Å²) in [5.74, 6) is 0.144. The average Bonchev–Trinajstić information content (AvgIpc) is 3.23. The summed E-state index contributed by atoms with van der Waals surface area (Å²) in [6, 6.07) is 0. The first-order valence-electron chi connectivity index (χ1n) is 10.2. The van der Waals surface area contributed by atoms with E-state index in [1.807, 2.05) is 0 Å². The quantitative estimate of drug-likeness (QED) is 0.505. The van der Waals surface area contributed by atoms with E-state index in [0.29, 0.717) is 50.2 Å². The second-order valence-corrected chi connectivity index (χ2v) is 7.37. The van der Waals surface area contributed by atoms with Gasteiger partial charge in [0.25, 0.3) is 5.56 Å². The molecule has 0 spiro atoms. The predicted molar refractivity (Wildman–Crippen MR) is 109 cm³/mol. The highest BCUT2D eigenvalue weighted by molar-refractivity contribution is 5.77. The molecule has 3 aromatic heterocycles. The van der Waals surface area contributed by atoms with Crippen LogP contribution in [0, 0.1) is 0 Å². The number of rotatable bonds is 7. The monoisotopic (exact) mass is 466 g/mol. The first-order chi connectivity index (χ1) is 15.8. The number of anilines is 1. The molecule has 14 heteroatoms. The Kier molecular flexibility index (Phi) is 6.53. The Morgan fingerprint density at radius 3 is 2.48 bits per heavy atom. The van der Waals surface area contributed by atoms with Crippen LogP contribution in [0.4, 0.5) is 19.1 Å². The molecule has 1 fully saturated rings. The zero-order chi connectivity index (χ0) is 23.4. The Labute approximate surface area is 185 Å². The number of amides is 1. The molecule has 176 valence electrons. The number of alkyl halides is 3. The van der Waals surface area contributed by atoms with Crippen molar-refractivity contribution in [1.29, 1.82) is 0 Å². The maximum Gasteiger partial charge on any atom is 0.419 e. The van der Waals surface area contributed by atoms with E-state index in [0.717, 1.165) is 12.4 Å². The van der Waals surface area contributed by atoms with E-state index in [2.05, 4.69) is 25.3 Å². The summed E-state index contributed by atoms with van der Waals surface area (Å²) in [5, 5.41) is 10.7. The van der Waals surface area contributed by atoms with Crippen LogP contribution in [0.25, 0.3) is 10.9 Å². The van der Waals surface area contributed by atoms with Crippen LogP contribution in [0.3, 0.4) is 0 Å². The Hall–Kier alpha value is -3.55. The Morgan fingerprint density at radius 2 is 1.79 bits per heavy atom. The van der Waals surface area contributed by atoms with E-state index in [1.54, 1.807) is 14.5 Å². The number of halogens is 3. The van der Waals surface area contributed by atoms with Gasteiger partial charge < -0.3 is 14.5 Å². The minimum absolute atomic E-state index is 0.0664. The topological polar surface area (TPSA) is 122 Å². The molecule has 4 rings (SSSR count). The summed E-state index contributed by atoms with van der Waals surface area (Å²) in [6.07, 6.45) is 0.235. The molecule has 0 bridgehead atoms. The maximum absolute atomic E-state index is 12.6. The Morgan fingerprint density at radius 1 is 1.06 bits per heavy atom. The molecule has 1 aliphatic rings. The number of ether oxygens (including phenoxy) is 1. The minimum atomic E-state index is -4.48. The van der Waals surface area contributed by atoms with Gasteiger partial charge in [-0.3, -0.25) is 14.3 Å². The molecule has 1 aliphatic heterocycles. The van der Waals surface area contributed by atoms with Crippen LogP contribution in [-0.2, 0) is 22.3 Å². The van der Waals surface area contributed by atoms with Crippen molar-refractivity contribution in [2.45, 2.75) is 19.1 Å². The number of carbonyl (C=O) groups is 1. The molecular formula is C19H21F3N8O3. The van der Waals surface area contributed by atoms with Crippen LogP contribution in [0.15, 0.2) is 29.6 Å². The lowest BCUT2D eigenvalue weighted by Crippen LogP contribution is -2.49. The predicted octanol–water partition coefficient (Wildman–Crippen LogP) is 0.684. The largest absolute Gasteiger partial charge is 0.419 e. The highest BCUT2D eigenvalue weighted by Crippen LogP contribution is 2.28. The van der Waals surface area contributed by atoms with Gasteiger partial charge >= 0.3 is 6.18 Å². The van der Waals surface area contributed by atoms with Crippen molar-refractivity contribution in [1.82, 2.24) is 34.8 Å². The van der Waals surface area contributed by atoms with Crippen molar-refractivity contribution >= 4 is 22.8 Å². The molecule has 0 saturated carbocycles. The highest BCUT2D eigenvalue weighted by atomic mass is 19.4. The third kappa shape index (κ3) is 5.27. The van der Waals surface area contributed by atoms with E-state index in [-0.39, 0.29) is 30.4 Å². The summed E-state index contributed by atoms with van der Waals surface area (Å²) < 4.78 is 45.1. The van der Waals surface area contributed by atoms with Gasteiger partial charge in [0.15, 0.2) is 0 Å². The van der Waals surface area contributed by atoms with E-state index in [9.17, 15) is 22.8 Å². The van der Waals surface area contributed by atoms with E-state index >= 15 is 0 Å². The number of nitrogens with zero attached hydrogens (tertiary/aromatic N) is 7.